The maximum absolute atomic E-state index is 2.66. The van der Waals surface area contributed by atoms with Gasteiger partial charge in [-0.2, -0.15) is 0 Å². The summed E-state index contributed by atoms with van der Waals surface area (Å²) in [6.07, 6.45) is 16.8. The minimum atomic E-state index is -0.387. The van der Waals surface area contributed by atoms with Crippen LogP contribution in [0, 0.1) is 5.92 Å². The van der Waals surface area contributed by atoms with E-state index in [2.05, 4.69) is 252 Å². The molecule has 13 rings (SSSR count). The van der Waals surface area contributed by atoms with Crippen LogP contribution in [0.5, 0.6) is 0 Å². The summed E-state index contributed by atoms with van der Waals surface area (Å²) < 4.78 is 2.42. The Morgan fingerprint density at radius 1 is 0.429 bits per heavy atom. The second kappa shape index (κ2) is 14.2. The molecule has 5 unspecified atom stereocenters. The predicted molar refractivity (Wildman–Crippen MR) is 262 cm³/mol. The van der Waals surface area contributed by atoms with E-state index in [4.69, 9.17) is 0 Å². The van der Waals surface area contributed by atoms with Crippen molar-refractivity contribution in [2.45, 2.75) is 23.3 Å². The van der Waals surface area contributed by atoms with Crippen LogP contribution in [0.2, 0.25) is 0 Å². The Morgan fingerprint density at radius 2 is 1.03 bits per heavy atom. The van der Waals surface area contributed by atoms with E-state index in [1.807, 2.05) is 0 Å². The summed E-state index contributed by atoms with van der Waals surface area (Å²) in [4.78, 5) is 2.66. The minimum Gasteiger partial charge on any atom is -0.333 e. The SMILES string of the molecule is C1=CC2c3ccccc3C(c3ccccc3)(c3ccccc3N3c4ccccc4C4C=C(c5ccc6c(c5)c5cc(-c7ccccc7)ccc5n6-c5ccccc5)C=CC43)C2C=C1. The summed E-state index contributed by atoms with van der Waals surface area (Å²) in [6, 6.07) is 74.6. The van der Waals surface area contributed by atoms with E-state index in [9.17, 15) is 0 Å². The van der Waals surface area contributed by atoms with Gasteiger partial charge >= 0.3 is 0 Å². The quantitative estimate of drug-likeness (QED) is 0.163. The van der Waals surface area contributed by atoms with Crippen molar-refractivity contribution in [3.63, 3.8) is 0 Å². The normalized spacial score (nSPS) is 21.6. The molecule has 5 atom stereocenters. The molecular weight excluding hydrogens is 761 g/mol. The maximum atomic E-state index is 2.66. The van der Waals surface area contributed by atoms with Gasteiger partial charge in [0.15, 0.2) is 0 Å². The number of para-hydroxylation sites is 3. The van der Waals surface area contributed by atoms with Crippen molar-refractivity contribution in [2.75, 3.05) is 4.90 Å². The smallest absolute Gasteiger partial charge is 0.0630 e. The third kappa shape index (κ3) is 5.31. The fraction of sp³-hybridized carbons (Fsp3) is 0.0820. The molecule has 0 spiro atoms. The van der Waals surface area contributed by atoms with Gasteiger partial charge in [0.25, 0.3) is 0 Å². The Balaban J connectivity index is 0.958. The number of rotatable bonds is 6. The molecule has 298 valence electrons. The number of nitrogens with zero attached hydrogens (tertiary/aromatic N) is 2. The van der Waals surface area contributed by atoms with Crippen molar-refractivity contribution in [3.05, 3.63) is 276 Å². The molecule has 63 heavy (non-hydrogen) atoms. The molecule has 0 N–H and O–H groups in total. The molecule has 0 saturated carbocycles. The van der Waals surface area contributed by atoms with Crippen LogP contribution in [0.1, 0.15) is 45.2 Å². The topological polar surface area (TPSA) is 8.17 Å². The molecule has 0 saturated heterocycles. The van der Waals surface area contributed by atoms with Crippen LogP contribution in [0.15, 0.2) is 243 Å². The van der Waals surface area contributed by atoms with E-state index < -0.39 is 0 Å². The monoisotopic (exact) mass is 804 g/mol. The van der Waals surface area contributed by atoms with Gasteiger partial charge in [0.05, 0.1) is 22.5 Å². The number of allylic oxidation sites excluding steroid dienone is 6. The Hall–Kier alpha value is -7.68. The molecule has 0 bridgehead atoms. The first-order valence-electron chi connectivity index (χ1n) is 22.3. The van der Waals surface area contributed by atoms with Crippen molar-refractivity contribution < 1.29 is 0 Å². The highest BCUT2D eigenvalue weighted by Gasteiger charge is 2.54. The zero-order valence-corrected chi connectivity index (χ0v) is 34.8. The van der Waals surface area contributed by atoms with Crippen molar-refractivity contribution in [1.29, 1.82) is 0 Å². The van der Waals surface area contributed by atoms with Gasteiger partial charge in [-0.1, -0.05) is 194 Å². The second-order valence-corrected chi connectivity index (χ2v) is 17.5. The van der Waals surface area contributed by atoms with E-state index in [0.29, 0.717) is 5.92 Å². The van der Waals surface area contributed by atoms with Gasteiger partial charge in [-0.3, -0.25) is 0 Å². The number of aromatic nitrogens is 1. The highest BCUT2D eigenvalue weighted by molar-refractivity contribution is 6.11. The number of fused-ring (bicyclic) bond motifs is 9. The third-order valence-corrected chi connectivity index (χ3v) is 14.5. The molecule has 1 aromatic heterocycles. The molecule has 0 fully saturated rings. The largest absolute Gasteiger partial charge is 0.333 e. The van der Waals surface area contributed by atoms with E-state index >= 15 is 0 Å². The van der Waals surface area contributed by atoms with E-state index in [1.54, 1.807) is 0 Å². The molecule has 0 radical (unpaired) electrons. The molecule has 2 heteroatoms. The van der Waals surface area contributed by atoms with Gasteiger partial charge in [0, 0.05) is 45.6 Å². The molecule has 8 aromatic carbocycles. The first-order chi connectivity index (χ1) is 31.3. The van der Waals surface area contributed by atoms with Gasteiger partial charge in [0.2, 0.25) is 0 Å². The first-order valence-corrected chi connectivity index (χ1v) is 22.3. The van der Waals surface area contributed by atoms with Crippen LogP contribution < -0.4 is 4.90 Å². The van der Waals surface area contributed by atoms with E-state index in [-0.39, 0.29) is 23.3 Å². The fourth-order valence-electron chi connectivity index (χ4n) is 11.9. The summed E-state index contributed by atoms with van der Waals surface area (Å²) in [7, 11) is 0. The zero-order chi connectivity index (χ0) is 41.5. The summed E-state index contributed by atoms with van der Waals surface area (Å²) in [5.41, 5.74) is 17.6. The standard InChI is InChI=1S/C61H44N2/c1-4-18-41(19-5-1)42-32-35-57-51(38-42)52-40-44(33-36-58(52)62(57)46-22-8-3-9-23-46)43-34-37-59-50(39-43)49-26-12-16-30-56(49)63(59)60-31-17-15-29-55(60)61(45-20-6-2-7-21-45)53-27-13-10-24-47(53)48-25-11-14-28-54(48)61/h1-40,47,50,53,59H. The van der Waals surface area contributed by atoms with Crippen LogP contribution >= 0.6 is 0 Å². The Bertz CT molecular complexity index is 3370. The van der Waals surface area contributed by atoms with Gasteiger partial charge in [-0.25, -0.2) is 0 Å². The van der Waals surface area contributed by atoms with E-state index in [1.165, 1.54) is 88.9 Å². The van der Waals surface area contributed by atoms with Gasteiger partial charge in [-0.05, 0) is 98.6 Å². The number of hydrogen-bond donors (Lipinski definition) is 0. The van der Waals surface area contributed by atoms with Gasteiger partial charge in [0.1, 0.15) is 0 Å². The molecule has 3 aliphatic carbocycles. The molecule has 1 aliphatic heterocycles. The van der Waals surface area contributed by atoms with Crippen LogP contribution in [-0.4, -0.2) is 10.6 Å². The average molecular weight is 805 g/mol. The molecule has 2 heterocycles. The first kappa shape index (κ1) is 36.0. The maximum Gasteiger partial charge on any atom is 0.0630 e. The minimum absolute atomic E-state index is 0.117. The predicted octanol–water partition coefficient (Wildman–Crippen LogP) is 14.9. The number of anilines is 2. The lowest BCUT2D eigenvalue weighted by Gasteiger charge is -2.42. The Kier molecular flexibility index (Phi) is 8.11. The highest BCUT2D eigenvalue weighted by atomic mass is 15.2. The Morgan fingerprint density at radius 3 is 1.81 bits per heavy atom. The highest BCUT2D eigenvalue weighted by Crippen LogP contribution is 2.62. The molecular formula is C61H44N2. The lowest BCUT2D eigenvalue weighted by atomic mass is 9.62. The van der Waals surface area contributed by atoms with Crippen molar-refractivity contribution in [1.82, 2.24) is 4.57 Å². The van der Waals surface area contributed by atoms with Crippen molar-refractivity contribution >= 4 is 38.8 Å². The molecule has 0 amide bonds. The van der Waals surface area contributed by atoms with Crippen LogP contribution in [-0.2, 0) is 5.41 Å². The third-order valence-electron chi connectivity index (χ3n) is 14.5. The van der Waals surface area contributed by atoms with Gasteiger partial charge < -0.3 is 9.47 Å². The van der Waals surface area contributed by atoms with E-state index in [0.717, 1.165) is 0 Å². The van der Waals surface area contributed by atoms with Crippen molar-refractivity contribution in [3.8, 4) is 16.8 Å². The zero-order valence-electron chi connectivity index (χ0n) is 34.8. The number of hydrogen-bond acceptors (Lipinski definition) is 1. The average Bonchev–Trinajstić information content (AvgIpc) is 3.98. The summed E-state index contributed by atoms with van der Waals surface area (Å²) in [6.45, 7) is 0. The summed E-state index contributed by atoms with van der Waals surface area (Å²) in [5, 5.41) is 2.52. The fourth-order valence-corrected chi connectivity index (χ4v) is 11.9. The summed E-state index contributed by atoms with van der Waals surface area (Å²) in [5.74, 6) is 0.702. The van der Waals surface area contributed by atoms with Gasteiger partial charge in [-0.15, -0.1) is 0 Å². The number of benzene rings is 8. The molecule has 4 aliphatic rings. The van der Waals surface area contributed by atoms with Crippen LogP contribution in [0.25, 0.3) is 44.2 Å². The summed E-state index contributed by atoms with van der Waals surface area (Å²) >= 11 is 0. The van der Waals surface area contributed by atoms with Crippen molar-refractivity contribution in [2.24, 2.45) is 5.92 Å². The van der Waals surface area contributed by atoms with Crippen LogP contribution in [0.4, 0.5) is 11.4 Å². The Labute approximate surface area is 368 Å². The van der Waals surface area contributed by atoms with Crippen LogP contribution in [0.3, 0.4) is 0 Å². The molecule has 2 nitrogen and oxygen atoms in total. The second-order valence-electron chi connectivity index (χ2n) is 17.5. The lowest BCUT2D eigenvalue weighted by Crippen LogP contribution is -2.38. The molecule has 9 aromatic rings. The lowest BCUT2D eigenvalue weighted by molar-refractivity contribution is 0.456.